The first kappa shape index (κ1) is 15.8. The third kappa shape index (κ3) is 3.04. The Morgan fingerprint density at radius 1 is 1.19 bits per heavy atom. The molecular formula is C17H26N2O2. The van der Waals surface area contributed by atoms with Gasteiger partial charge in [0.25, 0.3) is 5.91 Å². The summed E-state index contributed by atoms with van der Waals surface area (Å²) in [7, 11) is 0. The maximum absolute atomic E-state index is 12.5. The van der Waals surface area contributed by atoms with E-state index in [2.05, 4.69) is 24.1 Å². The molecule has 2 rings (SSSR count). The molecule has 21 heavy (non-hydrogen) atoms. The molecule has 4 heteroatoms. The van der Waals surface area contributed by atoms with Gasteiger partial charge in [-0.05, 0) is 44.6 Å². The van der Waals surface area contributed by atoms with Crippen LogP contribution in [-0.4, -0.2) is 22.7 Å². The smallest absolute Gasteiger partial charge is 0.268 e. The average molecular weight is 290 g/mol. The van der Waals surface area contributed by atoms with Crippen molar-refractivity contribution in [3.05, 3.63) is 22.5 Å². The Morgan fingerprint density at radius 2 is 1.86 bits per heavy atom. The first-order valence-electron chi connectivity index (χ1n) is 7.83. The van der Waals surface area contributed by atoms with Crippen LogP contribution in [0.15, 0.2) is 0 Å². The summed E-state index contributed by atoms with van der Waals surface area (Å²) in [6.07, 6.45) is 3.44. The van der Waals surface area contributed by atoms with E-state index in [9.17, 15) is 9.59 Å². The number of carbonyl (C=O) groups excluding carboxylic acids is 2. The van der Waals surface area contributed by atoms with Crippen molar-refractivity contribution in [2.75, 3.05) is 0 Å². The molecule has 0 bridgehead atoms. The zero-order valence-corrected chi connectivity index (χ0v) is 13.7. The maximum Gasteiger partial charge on any atom is 0.268 e. The highest BCUT2D eigenvalue weighted by atomic mass is 16.2. The molecule has 0 radical (unpaired) electrons. The summed E-state index contributed by atoms with van der Waals surface area (Å²) in [5.74, 6) is 1.05. The van der Waals surface area contributed by atoms with E-state index in [0.717, 1.165) is 24.1 Å². The van der Waals surface area contributed by atoms with E-state index in [-0.39, 0.29) is 17.7 Å². The minimum Gasteiger partial charge on any atom is -0.354 e. The van der Waals surface area contributed by atoms with Crippen LogP contribution in [0.5, 0.6) is 0 Å². The zero-order chi connectivity index (χ0) is 15.7. The van der Waals surface area contributed by atoms with Crippen LogP contribution in [0.1, 0.15) is 72.1 Å². The normalized spacial score (nSPS) is 25.7. The molecule has 1 aromatic heterocycles. The van der Waals surface area contributed by atoms with Crippen molar-refractivity contribution in [1.29, 1.82) is 0 Å². The lowest BCUT2D eigenvalue weighted by molar-refractivity contribution is 0.0885. The van der Waals surface area contributed by atoms with Crippen LogP contribution < -0.4 is 5.32 Å². The van der Waals surface area contributed by atoms with Crippen molar-refractivity contribution in [2.24, 2.45) is 11.8 Å². The van der Waals surface area contributed by atoms with Crippen molar-refractivity contribution in [2.45, 2.75) is 59.9 Å². The second kappa shape index (κ2) is 6.04. The number of aromatic amines is 1. The number of aryl methyl sites for hydroxylation is 1. The molecule has 116 valence electrons. The Bertz CT molecular complexity index is 559. The fraction of sp³-hybridized carbons (Fsp3) is 0.647. The summed E-state index contributed by atoms with van der Waals surface area (Å²) in [6, 6.07) is 0.227. The fourth-order valence-electron chi connectivity index (χ4n) is 3.53. The number of ketones is 1. The van der Waals surface area contributed by atoms with E-state index in [1.165, 1.54) is 13.3 Å². The lowest BCUT2D eigenvalue weighted by Gasteiger charge is -2.34. The van der Waals surface area contributed by atoms with Crippen LogP contribution in [0.3, 0.4) is 0 Å². The van der Waals surface area contributed by atoms with E-state index in [0.29, 0.717) is 23.1 Å². The quantitative estimate of drug-likeness (QED) is 0.838. The first-order valence-corrected chi connectivity index (χ1v) is 7.83. The van der Waals surface area contributed by atoms with Gasteiger partial charge < -0.3 is 10.3 Å². The minimum atomic E-state index is -0.0888. The van der Waals surface area contributed by atoms with E-state index in [1.807, 2.05) is 13.8 Å². The van der Waals surface area contributed by atoms with Crippen LogP contribution in [0.2, 0.25) is 0 Å². The molecule has 0 aromatic carbocycles. The molecule has 0 unspecified atom stereocenters. The van der Waals surface area contributed by atoms with Crippen LogP contribution in [0.4, 0.5) is 0 Å². The van der Waals surface area contributed by atoms with Gasteiger partial charge in [-0.1, -0.05) is 26.7 Å². The minimum absolute atomic E-state index is 0.0000401. The lowest BCUT2D eigenvalue weighted by Crippen LogP contribution is -2.44. The second-order valence-electron chi connectivity index (χ2n) is 6.53. The van der Waals surface area contributed by atoms with Gasteiger partial charge >= 0.3 is 0 Å². The molecule has 1 saturated carbocycles. The van der Waals surface area contributed by atoms with Crippen molar-refractivity contribution >= 4 is 11.7 Å². The summed E-state index contributed by atoms with van der Waals surface area (Å²) < 4.78 is 0. The number of aromatic nitrogens is 1. The number of Topliss-reactive ketones (excluding diaryl/α,β-unsaturated/α-hetero) is 1. The molecule has 1 amide bonds. The predicted octanol–water partition coefficient (Wildman–Crippen LogP) is 3.39. The monoisotopic (exact) mass is 290 g/mol. The van der Waals surface area contributed by atoms with Crippen LogP contribution in [-0.2, 0) is 0 Å². The van der Waals surface area contributed by atoms with Crippen molar-refractivity contribution in [1.82, 2.24) is 10.3 Å². The van der Waals surface area contributed by atoms with Crippen LogP contribution in [0.25, 0.3) is 0 Å². The largest absolute Gasteiger partial charge is 0.354 e. The molecule has 1 heterocycles. The van der Waals surface area contributed by atoms with Gasteiger partial charge in [-0.2, -0.15) is 0 Å². The van der Waals surface area contributed by atoms with Gasteiger partial charge in [0.05, 0.1) is 0 Å². The summed E-state index contributed by atoms with van der Waals surface area (Å²) in [4.78, 5) is 27.3. The number of amides is 1. The summed E-state index contributed by atoms with van der Waals surface area (Å²) in [5.41, 5.74) is 2.71. The zero-order valence-electron chi connectivity index (χ0n) is 13.7. The average Bonchev–Trinajstić information content (AvgIpc) is 2.70. The van der Waals surface area contributed by atoms with Crippen molar-refractivity contribution < 1.29 is 9.59 Å². The highest BCUT2D eigenvalue weighted by molar-refractivity contribution is 6.02. The Balaban J connectivity index is 2.18. The number of rotatable bonds is 3. The van der Waals surface area contributed by atoms with Crippen LogP contribution >= 0.6 is 0 Å². The lowest BCUT2D eigenvalue weighted by atomic mass is 9.78. The fourth-order valence-corrected chi connectivity index (χ4v) is 3.53. The van der Waals surface area contributed by atoms with Gasteiger partial charge in [0.15, 0.2) is 5.78 Å². The predicted molar refractivity (Wildman–Crippen MR) is 83.7 cm³/mol. The van der Waals surface area contributed by atoms with E-state index in [1.54, 1.807) is 0 Å². The Hall–Kier alpha value is -1.58. The molecule has 2 N–H and O–H groups in total. The Morgan fingerprint density at radius 3 is 2.43 bits per heavy atom. The Labute approximate surface area is 126 Å². The van der Waals surface area contributed by atoms with E-state index >= 15 is 0 Å². The Kier molecular flexibility index (Phi) is 4.55. The van der Waals surface area contributed by atoms with E-state index < -0.39 is 0 Å². The second-order valence-corrected chi connectivity index (χ2v) is 6.53. The molecule has 1 aromatic rings. The number of carbonyl (C=O) groups is 2. The standard InChI is InChI=1S/C17H26N2O2/c1-9-7-6-8-14(10(9)2)19-17(21)16-11(3)15(13(5)20)12(4)18-16/h9-10,14,18H,6-8H2,1-5H3,(H,19,21)/t9-,10+,14-/m1/s1. The molecule has 4 nitrogen and oxygen atoms in total. The summed E-state index contributed by atoms with van der Waals surface area (Å²) in [6.45, 7) is 9.67. The molecule has 1 aliphatic carbocycles. The molecule has 1 fully saturated rings. The van der Waals surface area contributed by atoms with Gasteiger partial charge in [0.1, 0.15) is 5.69 Å². The van der Waals surface area contributed by atoms with Gasteiger partial charge in [-0.25, -0.2) is 0 Å². The highest BCUT2D eigenvalue weighted by Gasteiger charge is 2.29. The SMILES string of the molecule is CC(=O)c1c(C)[nH]c(C(=O)N[C@@H]2CCC[C@@H](C)[C@@H]2C)c1C. The van der Waals surface area contributed by atoms with E-state index in [4.69, 9.17) is 0 Å². The molecule has 1 aliphatic rings. The third-order valence-corrected chi connectivity index (χ3v) is 5.04. The van der Waals surface area contributed by atoms with Gasteiger partial charge in [0, 0.05) is 17.3 Å². The summed E-state index contributed by atoms with van der Waals surface area (Å²) >= 11 is 0. The van der Waals surface area contributed by atoms with Crippen LogP contribution in [0, 0.1) is 25.7 Å². The third-order valence-electron chi connectivity index (χ3n) is 5.04. The summed E-state index contributed by atoms with van der Waals surface area (Å²) in [5, 5.41) is 3.15. The maximum atomic E-state index is 12.5. The van der Waals surface area contributed by atoms with Gasteiger partial charge in [-0.15, -0.1) is 0 Å². The van der Waals surface area contributed by atoms with Crippen molar-refractivity contribution in [3.63, 3.8) is 0 Å². The molecular weight excluding hydrogens is 264 g/mol. The van der Waals surface area contributed by atoms with Crippen molar-refractivity contribution in [3.8, 4) is 0 Å². The first-order chi connectivity index (χ1) is 9.82. The molecule has 3 atom stereocenters. The van der Waals surface area contributed by atoms with Gasteiger partial charge in [0.2, 0.25) is 0 Å². The number of hydrogen-bond donors (Lipinski definition) is 2. The number of hydrogen-bond acceptors (Lipinski definition) is 2. The number of nitrogens with one attached hydrogen (secondary N) is 2. The molecule has 0 aliphatic heterocycles. The molecule has 0 spiro atoms. The highest BCUT2D eigenvalue weighted by Crippen LogP contribution is 2.30. The molecule has 0 saturated heterocycles. The number of H-pyrrole nitrogens is 1. The van der Waals surface area contributed by atoms with Gasteiger partial charge in [-0.3, -0.25) is 9.59 Å². The topological polar surface area (TPSA) is 62.0 Å².